The summed E-state index contributed by atoms with van der Waals surface area (Å²) < 4.78 is 0. The Morgan fingerprint density at radius 2 is 1.65 bits per heavy atom. The van der Waals surface area contributed by atoms with E-state index in [-0.39, 0.29) is 29.6 Å². The first-order chi connectivity index (χ1) is 16.5. The van der Waals surface area contributed by atoms with Gasteiger partial charge in [0.25, 0.3) is 5.91 Å². The Balaban J connectivity index is 1.08. The Hall–Kier alpha value is -3.22. The monoisotopic (exact) mass is 460 g/mol. The Morgan fingerprint density at radius 3 is 2.32 bits per heavy atom. The van der Waals surface area contributed by atoms with Crippen LogP contribution in [-0.4, -0.2) is 29.3 Å². The van der Waals surface area contributed by atoms with Gasteiger partial charge in [0.15, 0.2) is 0 Å². The van der Waals surface area contributed by atoms with Crippen LogP contribution in [0.3, 0.4) is 0 Å². The number of carbonyl (C=O) groups is 3. The molecule has 2 aromatic rings. The minimum atomic E-state index is -0.232. The summed E-state index contributed by atoms with van der Waals surface area (Å²) >= 11 is 0. The predicted molar refractivity (Wildman–Crippen MR) is 129 cm³/mol. The van der Waals surface area contributed by atoms with Crippen molar-refractivity contribution in [1.82, 2.24) is 15.6 Å². The lowest BCUT2D eigenvalue weighted by atomic mass is 9.49. The molecule has 4 bridgehead atoms. The molecule has 0 radical (unpaired) electrons. The lowest BCUT2D eigenvalue weighted by Gasteiger charge is -2.55. The Labute approximate surface area is 200 Å². The van der Waals surface area contributed by atoms with Crippen LogP contribution in [-0.2, 0) is 16.1 Å². The standard InChI is InChI=1S/C27H32N4O3/c32-24(7-9-29-26(34)27-14-18-10-19(15-27)12-20(11-18)16-27)31-22-6-3-4-21(13-22)25(33)30-17-23-5-1-2-8-28-23/h1-6,8,13,18-20H,7,9-12,14-17H2,(H,29,34)(H,30,33)(H,31,32). The third-order valence-electron chi connectivity index (χ3n) is 7.72. The summed E-state index contributed by atoms with van der Waals surface area (Å²) in [6.07, 6.45) is 8.85. The lowest BCUT2D eigenvalue weighted by molar-refractivity contribution is -0.146. The molecule has 0 saturated heterocycles. The zero-order valence-corrected chi connectivity index (χ0v) is 19.4. The van der Waals surface area contributed by atoms with Crippen molar-refractivity contribution in [3.05, 3.63) is 59.9 Å². The highest BCUT2D eigenvalue weighted by Crippen LogP contribution is 2.60. The molecular weight excluding hydrogens is 428 g/mol. The van der Waals surface area contributed by atoms with E-state index in [0.29, 0.717) is 42.1 Å². The number of anilines is 1. The van der Waals surface area contributed by atoms with E-state index < -0.39 is 0 Å². The number of hydrogen-bond acceptors (Lipinski definition) is 4. The molecule has 0 unspecified atom stereocenters. The molecule has 1 aromatic heterocycles. The average molecular weight is 461 g/mol. The smallest absolute Gasteiger partial charge is 0.251 e. The first-order valence-electron chi connectivity index (χ1n) is 12.4. The topological polar surface area (TPSA) is 100 Å². The van der Waals surface area contributed by atoms with E-state index in [0.717, 1.165) is 25.0 Å². The number of rotatable bonds is 8. The van der Waals surface area contributed by atoms with Gasteiger partial charge in [-0.3, -0.25) is 19.4 Å². The van der Waals surface area contributed by atoms with Crippen molar-refractivity contribution in [1.29, 1.82) is 0 Å². The fourth-order valence-electron chi connectivity index (χ4n) is 6.60. The van der Waals surface area contributed by atoms with Gasteiger partial charge in [0.2, 0.25) is 11.8 Å². The summed E-state index contributed by atoms with van der Waals surface area (Å²) in [4.78, 5) is 42.2. The van der Waals surface area contributed by atoms with Gasteiger partial charge in [-0.15, -0.1) is 0 Å². The van der Waals surface area contributed by atoms with Crippen molar-refractivity contribution in [2.24, 2.45) is 23.2 Å². The summed E-state index contributed by atoms with van der Waals surface area (Å²) in [7, 11) is 0. The van der Waals surface area contributed by atoms with Crippen LogP contribution in [0.4, 0.5) is 5.69 Å². The maximum atomic E-state index is 13.0. The number of nitrogens with zero attached hydrogens (tertiary/aromatic N) is 1. The summed E-state index contributed by atoms with van der Waals surface area (Å²) in [6.45, 7) is 0.663. The second-order valence-electron chi connectivity index (χ2n) is 10.3. The fraction of sp³-hybridized carbons (Fsp3) is 0.481. The lowest BCUT2D eigenvalue weighted by Crippen LogP contribution is -2.53. The molecule has 0 aliphatic heterocycles. The van der Waals surface area contributed by atoms with Crippen molar-refractivity contribution >= 4 is 23.4 Å². The van der Waals surface area contributed by atoms with Gasteiger partial charge >= 0.3 is 0 Å². The van der Waals surface area contributed by atoms with Gasteiger partial charge in [-0.2, -0.15) is 0 Å². The molecule has 1 heterocycles. The molecule has 1 aromatic carbocycles. The summed E-state index contributed by atoms with van der Waals surface area (Å²) in [5.41, 5.74) is 1.60. The molecule has 4 aliphatic carbocycles. The van der Waals surface area contributed by atoms with Crippen LogP contribution in [0.25, 0.3) is 0 Å². The van der Waals surface area contributed by atoms with E-state index in [1.54, 1.807) is 30.5 Å². The van der Waals surface area contributed by atoms with E-state index >= 15 is 0 Å². The number of pyridine rings is 1. The molecule has 4 aliphatic rings. The first-order valence-corrected chi connectivity index (χ1v) is 12.4. The third-order valence-corrected chi connectivity index (χ3v) is 7.72. The van der Waals surface area contributed by atoms with Gasteiger partial charge in [0.1, 0.15) is 0 Å². The van der Waals surface area contributed by atoms with Crippen molar-refractivity contribution in [2.45, 2.75) is 51.5 Å². The van der Waals surface area contributed by atoms with Gasteiger partial charge in [0, 0.05) is 35.8 Å². The predicted octanol–water partition coefficient (Wildman–Crippen LogP) is 3.67. The molecule has 3 N–H and O–H groups in total. The Kier molecular flexibility index (Phi) is 6.35. The van der Waals surface area contributed by atoms with Crippen molar-refractivity contribution in [3.8, 4) is 0 Å². The minimum absolute atomic E-state index is 0.144. The number of amides is 3. The van der Waals surface area contributed by atoms with Gasteiger partial charge < -0.3 is 16.0 Å². The third kappa shape index (κ3) is 4.98. The van der Waals surface area contributed by atoms with Crippen LogP contribution in [0.5, 0.6) is 0 Å². The van der Waals surface area contributed by atoms with Crippen LogP contribution in [0.2, 0.25) is 0 Å². The van der Waals surface area contributed by atoms with Crippen LogP contribution in [0, 0.1) is 23.2 Å². The molecule has 3 amide bonds. The normalized spacial score (nSPS) is 26.6. The zero-order valence-electron chi connectivity index (χ0n) is 19.4. The van der Waals surface area contributed by atoms with Gasteiger partial charge in [-0.05, 0) is 86.6 Å². The average Bonchev–Trinajstić information content (AvgIpc) is 2.82. The van der Waals surface area contributed by atoms with Gasteiger partial charge in [-0.25, -0.2) is 0 Å². The molecule has 34 heavy (non-hydrogen) atoms. The molecule has 178 valence electrons. The van der Waals surface area contributed by atoms with Crippen LogP contribution >= 0.6 is 0 Å². The highest BCUT2D eigenvalue weighted by atomic mass is 16.2. The van der Waals surface area contributed by atoms with Gasteiger partial charge in [-0.1, -0.05) is 12.1 Å². The van der Waals surface area contributed by atoms with Gasteiger partial charge in [0.05, 0.1) is 12.2 Å². The SMILES string of the molecule is O=C(CCNC(=O)C12CC3CC(CC(C3)C1)C2)Nc1cccc(C(=O)NCc2ccccn2)c1. The molecule has 7 nitrogen and oxygen atoms in total. The van der Waals surface area contributed by atoms with Crippen LogP contribution in [0.15, 0.2) is 48.7 Å². The summed E-state index contributed by atoms with van der Waals surface area (Å²) in [6, 6.07) is 12.4. The van der Waals surface area contributed by atoms with E-state index in [4.69, 9.17) is 0 Å². The molecule has 4 fully saturated rings. The largest absolute Gasteiger partial charge is 0.355 e. The van der Waals surface area contributed by atoms with Crippen LogP contribution < -0.4 is 16.0 Å². The minimum Gasteiger partial charge on any atom is -0.355 e. The molecule has 0 spiro atoms. The number of carbonyl (C=O) groups excluding carboxylic acids is 3. The van der Waals surface area contributed by atoms with Crippen molar-refractivity contribution in [3.63, 3.8) is 0 Å². The summed E-state index contributed by atoms with van der Waals surface area (Å²) in [5, 5.41) is 8.72. The van der Waals surface area contributed by atoms with Crippen LogP contribution in [0.1, 0.15) is 61.0 Å². The molecule has 4 saturated carbocycles. The number of aromatic nitrogens is 1. The summed E-state index contributed by atoms with van der Waals surface area (Å²) in [5.74, 6) is 1.88. The highest BCUT2D eigenvalue weighted by molar-refractivity contribution is 5.97. The Bertz CT molecular complexity index is 1030. The second-order valence-corrected chi connectivity index (χ2v) is 10.3. The fourth-order valence-corrected chi connectivity index (χ4v) is 6.60. The quantitative estimate of drug-likeness (QED) is 0.560. The van der Waals surface area contributed by atoms with E-state index in [9.17, 15) is 14.4 Å². The second kappa shape index (κ2) is 9.57. The highest BCUT2D eigenvalue weighted by Gasteiger charge is 2.54. The van der Waals surface area contributed by atoms with E-state index in [1.165, 1.54) is 19.3 Å². The number of nitrogens with one attached hydrogen (secondary N) is 3. The van der Waals surface area contributed by atoms with E-state index in [2.05, 4.69) is 20.9 Å². The maximum Gasteiger partial charge on any atom is 0.251 e. The number of hydrogen-bond donors (Lipinski definition) is 3. The van der Waals surface area contributed by atoms with Crippen molar-refractivity contribution < 1.29 is 14.4 Å². The Morgan fingerprint density at radius 1 is 0.912 bits per heavy atom. The molecule has 0 atom stereocenters. The number of benzene rings is 1. The maximum absolute atomic E-state index is 13.0. The zero-order chi connectivity index (χ0) is 23.5. The van der Waals surface area contributed by atoms with E-state index in [1.807, 2.05) is 18.2 Å². The molecular formula is C27H32N4O3. The van der Waals surface area contributed by atoms with Crippen molar-refractivity contribution in [2.75, 3.05) is 11.9 Å². The molecule has 7 heteroatoms. The first kappa shape index (κ1) is 22.6. The molecule has 6 rings (SSSR count).